The third kappa shape index (κ3) is 3.64. The van der Waals surface area contributed by atoms with Gasteiger partial charge in [-0.25, -0.2) is 0 Å². The van der Waals surface area contributed by atoms with E-state index >= 15 is 0 Å². The minimum Gasteiger partial charge on any atom is -0.358 e. The average molecular weight is 444 g/mol. The standard InChI is InChI=1S/C24H23Cl2NOS/c1-16-6-11-29-22(16)15-27-9-7-24(8-10-27)21-5-3-2-4-20(21)23(28-24)17-12-18(25)14-19(26)13-17/h2-6,11-14,23H,7-10,15H2,1H3. The van der Waals surface area contributed by atoms with Gasteiger partial charge in [-0.3, -0.25) is 4.90 Å². The predicted octanol–water partition coefficient (Wildman–Crippen LogP) is 6.97. The zero-order valence-electron chi connectivity index (χ0n) is 16.3. The van der Waals surface area contributed by atoms with Gasteiger partial charge in [0.25, 0.3) is 0 Å². The first-order valence-corrected chi connectivity index (χ1v) is 11.7. The summed E-state index contributed by atoms with van der Waals surface area (Å²) in [6, 6.07) is 16.6. The molecule has 1 spiro atoms. The van der Waals surface area contributed by atoms with Crippen LogP contribution in [0.25, 0.3) is 0 Å². The zero-order chi connectivity index (χ0) is 20.0. The van der Waals surface area contributed by atoms with Crippen LogP contribution >= 0.6 is 34.5 Å². The van der Waals surface area contributed by atoms with Crippen LogP contribution in [0.2, 0.25) is 10.0 Å². The summed E-state index contributed by atoms with van der Waals surface area (Å²) in [7, 11) is 0. The van der Waals surface area contributed by atoms with Gasteiger partial charge < -0.3 is 4.74 Å². The molecule has 29 heavy (non-hydrogen) atoms. The minimum absolute atomic E-state index is 0.117. The highest BCUT2D eigenvalue weighted by Gasteiger charge is 2.47. The summed E-state index contributed by atoms with van der Waals surface area (Å²) in [5.41, 5.74) is 4.78. The normalized spacial score (nSPS) is 20.9. The average Bonchev–Trinajstić information content (AvgIpc) is 3.25. The smallest absolute Gasteiger partial charge is 0.109 e. The molecule has 2 aliphatic rings. The second-order valence-electron chi connectivity index (χ2n) is 8.09. The molecule has 1 saturated heterocycles. The van der Waals surface area contributed by atoms with Crippen molar-refractivity contribution < 1.29 is 4.74 Å². The van der Waals surface area contributed by atoms with Crippen LogP contribution in [0.15, 0.2) is 53.9 Å². The maximum Gasteiger partial charge on any atom is 0.109 e. The second kappa shape index (κ2) is 7.72. The Bertz CT molecular complexity index is 1020. The molecule has 3 heterocycles. The molecular formula is C24H23Cl2NOS. The van der Waals surface area contributed by atoms with E-state index in [9.17, 15) is 0 Å². The molecule has 1 atom stereocenters. The molecule has 2 aromatic carbocycles. The Morgan fingerprint density at radius 3 is 2.48 bits per heavy atom. The van der Waals surface area contributed by atoms with Crippen LogP contribution in [0.4, 0.5) is 0 Å². The quantitative estimate of drug-likeness (QED) is 0.432. The maximum atomic E-state index is 6.82. The largest absolute Gasteiger partial charge is 0.358 e. The summed E-state index contributed by atoms with van der Waals surface area (Å²) >= 11 is 14.4. The lowest BCUT2D eigenvalue weighted by atomic mass is 9.83. The Morgan fingerprint density at radius 1 is 1.07 bits per heavy atom. The van der Waals surface area contributed by atoms with Crippen LogP contribution < -0.4 is 0 Å². The molecule has 1 aromatic heterocycles. The van der Waals surface area contributed by atoms with Gasteiger partial charge in [-0.2, -0.15) is 0 Å². The van der Waals surface area contributed by atoms with E-state index in [1.54, 1.807) is 6.07 Å². The molecule has 1 fully saturated rings. The molecule has 0 saturated carbocycles. The molecule has 0 bridgehead atoms. The van der Waals surface area contributed by atoms with E-state index in [4.69, 9.17) is 27.9 Å². The molecule has 0 amide bonds. The van der Waals surface area contributed by atoms with E-state index in [-0.39, 0.29) is 11.7 Å². The van der Waals surface area contributed by atoms with E-state index in [2.05, 4.69) is 47.5 Å². The minimum atomic E-state index is -0.225. The molecule has 1 unspecified atom stereocenters. The third-order valence-electron chi connectivity index (χ3n) is 6.26. The van der Waals surface area contributed by atoms with Crippen LogP contribution in [0, 0.1) is 6.92 Å². The molecular weight excluding hydrogens is 421 g/mol. The number of benzene rings is 2. The number of nitrogens with zero attached hydrogens (tertiary/aromatic N) is 1. The Balaban J connectivity index is 1.41. The number of halogens is 2. The first-order valence-electron chi connectivity index (χ1n) is 10.0. The van der Waals surface area contributed by atoms with E-state index in [1.165, 1.54) is 21.6 Å². The Morgan fingerprint density at radius 2 is 1.79 bits per heavy atom. The summed E-state index contributed by atoms with van der Waals surface area (Å²) in [6.07, 6.45) is 1.88. The Hall–Kier alpha value is -1.36. The van der Waals surface area contributed by atoms with Crippen LogP contribution in [-0.2, 0) is 16.9 Å². The van der Waals surface area contributed by atoms with E-state index < -0.39 is 0 Å². The molecule has 0 N–H and O–H groups in total. The number of aryl methyl sites for hydroxylation is 1. The first kappa shape index (κ1) is 19.6. The van der Waals surface area contributed by atoms with Gasteiger partial charge in [0.15, 0.2) is 0 Å². The van der Waals surface area contributed by atoms with Crippen molar-refractivity contribution in [1.29, 1.82) is 0 Å². The summed E-state index contributed by atoms with van der Waals surface area (Å²) in [5, 5.41) is 3.49. The lowest BCUT2D eigenvalue weighted by Crippen LogP contribution is -2.42. The van der Waals surface area contributed by atoms with Gasteiger partial charge in [0.1, 0.15) is 6.10 Å². The number of ether oxygens (including phenoxy) is 1. The molecule has 2 aliphatic heterocycles. The predicted molar refractivity (Wildman–Crippen MR) is 121 cm³/mol. The first-order chi connectivity index (χ1) is 14.0. The van der Waals surface area contributed by atoms with Crippen LogP contribution in [0.1, 0.15) is 46.1 Å². The van der Waals surface area contributed by atoms with Gasteiger partial charge in [-0.15, -0.1) is 11.3 Å². The zero-order valence-corrected chi connectivity index (χ0v) is 18.7. The molecule has 5 rings (SSSR count). The molecule has 0 radical (unpaired) electrons. The number of fused-ring (bicyclic) bond motifs is 2. The summed E-state index contributed by atoms with van der Waals surface area (Å²) in [5.74, 6) is 0. The van der Waals surface area contributed by atoms with Gasteiger partial charge in [0.2, 0.25) is 0 Å². The summed E-state index contributed by atoms with van der Waals surface area (Å²) in [6.45, 7) is 5.31. The molecule has 150 valence electrons. The second-order valence-corrected chi connectivity index (χ2v) is 9.96. The highest BCUT2D eigenvalue weighted by Crippen LogP contribution is 2.51. The van der Waals surface area contributed by atoms with Crippen LogP contribution in [0.3, 0.4) is 0 Å². The molecule has 5 heteroatoms. The monoisotopic (exact) mass is 443 g/mol. The number of hydrogen-bond donors (Lipinski definition) is 0. The number of likely N-dealkylation sites (tertiary alicyclic amines) is 1. The van der Waals surface area contributed by atoms with Crippen LogP contribution in [0.5, 0.6) is 0 Å². The van der Waals surface area contributed by atoms with Crippen molar-refractivity contribution >= 4 is 34.5 Å². The number of hydrogen-bond acceptors (Lipinski definition) is 3. The van der Waals surface area contributed by atoms with Crippen LogP contribution in [-0.4, -0.2) is 18.0 Å². The van der Waals surface area contributed by atoms with E-state index in [1.807, 2.05) is 23.5 Å². The van der Waals surface area contributed by atoms with Crippen molar-refractivity contribution in [2.24, 2.45) is 0 Å². The fourth-order valence-electron chi connectivity index (χ4n) is 4.70. The van der Waals surface area contributed by atoms with Crippen molar-refractivity contribution in [1.82, 2.24) is 4.90 Å². The fraction of sp³-hybridized carbons (Fsp3) is 0.333. The maximum absolute atomic E-state index is 6.82. The van der Waals surface area contributed by atoms with Crippen molar-refractivity contribution in [2.75, 3.05) is 13.1 Å². The Kier molecular flexibility index (Phi) is 5.21. The van der Waals surface area contributed by atoms with E-state index in [0.717, 1.165) is 38.0 Å². The molecule has 3 aromatic rings. The van der Waals surface area contributed by atoms with Crippen molar-refractivity contribution in [3.8, 4) is 0 Å². The number of rotatable bonds is 3. The lowest BCUT2D eigenvalue weighted by molar-refractivity contribution is -0.0977. The van der Waals surface area contributed by atoms with Crippen molar-refractivity contribution in [3.05, 3.63) is 91.1 Å². The third-order valence-corrected chi connectivity index (χ3v) is 7.71. The van der Waals surface area contributed by atoms with Gasteiger partial charge in [-0.1, -0.05) is 47.5 Å². The SMILES string of the molecule is Cc1ccsc1CN1CCC2(CC1)OC(c1cc(Cl)cc(Cl)c1)c1ccccc12. The van der Waals surface area contributed by atoms with Crippen molar-refractivity contribution in [3.63, 3.8) is 0 Å². The van der Waals surface area contributed by atoms with Gasteiger partial charge in [0, 0.05) is 34.6 Å². The van der Waals surface area contributed by atoms with E-state index in [0.29, 0.717) is 10.0 Å². The highest BCUT2D eigenvalue weighted by atomic mass is 35.5. The number of thiophene rings is 1. The van der Waals surface area contributed by atoms with Gasteiger partial charge >= 0.3 is 0 Å². The fourth-order valence-corrected chi connectivity index (χ4v) is 6.19. The Labute approximate surface area is 186 Å². The summed E-state index contributed by atoms with van der Waals surface area (Å²) in [4.78, 5) is 4.03. The highest BCUT2D eigenvalue weighted by molar-refractivity contribution is 7.10. The molecule has 0 aliphatic carbocycles. The van der Waals surface area contributed by atoms with Crippen molar-refractivity contribution in [2.45, 2.75) is 38.0 Å². The molecule has 2 nitrogen and oxygen atoms in total. The topological polar surface area (TPSA) is 12.5 Å². The lowest BCUT2D eigenvalue weighted by Gasteiger charge is -2.39. The summed E-state index contributed by atoms with van der Waals surface area (Å²) < 4.78 is 6.82. The number of piperidine rings is 1. The van der Waals surface area contributed by atoms with Gasteiger partial charge in [-0.05, 0) is 71.7 Å². The van der Waals surface area contributed by atoms with Gasteiger partial charge in [0.05, 0.1) is 5.60 Å².